The molecule has 0 spiro atoms. The molecule has 1 unspecified atom stereocenters. The van der Waals surface area contributed by atoms with Gasteiger partial charge in [0.2, 0.25) is 15.9 Å². The van der Waals surface area contributed by atoms with Crippen LogP contribution in [0.15, 0.2) is 36.4 Å². The number of sulfonamides is 1. The van der Waals surface area contributed by atoms with Crippen LogP contribution in [0.2, 0.25) is 0 Å². The first-order valence-electron chi connectivity index (χ1n) is 8.28. The van der Waals surface area contributed by atoms with Crippen molar-refractivity contribution < 1.29 is 22.0 Å². The Kier molecular flexibility index (Phi) is 6.20. The van der Waals surface area contributed by atoms with E-state index in [9.17, 15) is 22.0 Å². The number of hydrogen-bond acceptors (Lipinski definition) is 3. The van der Waals surface area contributed by atoms with Crippen LogP contribution in [0, 0.1) is 25.5 Å². The third kappa shape index (κ3) is 5.26. The standard InChI is InChI=1S/C19H22F2N2O3S/c1-12-5-6-15(9-13(12)2)14(3)22-19(24)11-23(27(4,25)26)16-7-8-17(20)18(21)10-16/h5-10,14H,11H2,1-4H3,(H,22,24). The fourth-order valence-electron chi connectivity index (χ4n) is 2.58. The summed E-state index contributed by atoms with van der Waals surface area (Å²) in [7, 11) is -3.87. The van der Waals surface area contributed by atoms with E-state index in [0.29, 0.717) is 0 Å². The van der Waals surface area contributed by atoms with Gasteiger partial charge in [-0.05, 0) is 49.6 Å². The molecule has 5 nitrogen and oxygen atoms in total. The van der Waals surface area contributed by atoms with E-state index in [4.69, 9.17) is 0 Å². The van der Waals surface area contributed by atoms with Gasteiger partial charge in [0.25, 0.3) is 0 Å². The molecule has 0 aliphatic rings. The minimum Gasteiger partial charge on any atom is -0.348 e. The predicted octanol–water partition coefficient (Wildman–Crippen LogP) is 3.23. The quantitative estimate of drug-likeness (QED) is 0.815. The third-order valence-electron chi connectivity index (χ3n) is 4.29. The summed E-state index contributed by atoms with van der Waals surface area (Å²) < 4.78 is 51.4. The average Bonchev–Trinajstić information content (AvgIpc) is 2.56. The van der Waals surface area contributed by atoms with Crippen LogP contribution in [-0.4, -0.2) is 27.1 Å². The Bertz CT molecular complexity index is 961. The van der Waals surface area contributed by atoms with Gasteiger partial charge in [-0.1, -0.05) is 18.2 Å². The molecule has 2 aromatic carbocycles. The molecule has 0 fully saturated rings. The van der Waals surface area contributed by atoms with E-state index in [1.54, 1.807) is 6.92 Å². The van der Waals surface area contributed by atoms with Gasteiger partial charge in [-0.3, -0.25) is 9.10 Å². The van der Waals surface area contributed by atoms with Crippen molar-refractivity contribution in [2.75, 3.05) is 17.1 Å². The summed E-state index contributed by atoms with van der Waals surface area (Å²) in [5.41, 5.74) is 2.96. The number of benzene rings is 2. The summed E-state index contributed by atoms with van der Waals surface area (Å²) in [5, 5.41) is 2.73. The molecule has 0 radical (unpaired) electrons. The Labute approximate surface area is 158 Å². The lowest BCUT2D eigenvalue weighted by molar-refractivity contribution is -0.120. The zero-order valence-electron chi connectivity index (χ0n) is 15.6. The van der Waals surface area contributed by atoms with E-state index in [1.807, 2.05) is 32.0 Å². The number of halogens is 2. The van der Waals surface area contributed by atoms with Crippen LogP contribution < -0.4 is 9.62 Å². The van der Waals surface area contributed by atoms with Crippen molar-refractivity contribution in [1.29, 1.82) is 0 Å². The number of nitrogens with zero attached hydrogens (tertiary/aromatic N) is 1. The molecule has 2 aromatic rings. The molecule has 0 aliphatic carbocycles. The van der Waals surface area contributed by atoms with E-state index in [-0.39, 0.29) is 11.7 Å². The van der Waals surface area contributed by atoms with Crippen LogP contribution in [0.25, 0.3) is 0 Å². The van der Waals surface area contributed by atoms with E-state index in [1.165, 1.54) is 0 Å². The second kappa shape index (κ2) is 8.04. The highest BCUT2D eigenvalue weighted by atomic mass is 32.2. The Morgan fingerprint density at radius 2 is 1.74 bits per heavy atom. The highest BCUT2D eigenvalue weighted by molar-refractivity contribution is 7.92. The Balaban J connectivity index is 2.18. The molecule has 1 amide bonds. The first-order chi connectivity index (χ1) is 12.5. The molecule has 1 N–H and O–H groups in total. The fraction of sp³-hybridized carbons (Fsp3) is 0.316. The maximum atomic E-state index is 13.5. The Hall–Kier alpha value is -2.48. The zero-order valence-corrected chi connectivity index (χ0v) is 16.4. The van der Waals surface area contributed by atoms with Crippen LogP contribution in [0.4, 0.5) is 14.5 Å². The summed E-state index contributed by atoms with van der Waals surface area (Å²) in [4.78, 5) is 12.4. The van der Waals surface area contributed by atoms with Gasteiger partial charge >= 0.3 is 0 Å². The minimum atomic E-state index is -3.87. The lowest BCUT2D eigenvalue weighted by atomic mass is 10.0. The fourth-order valence-corrected chi connectivity index (χ4v) is 3.42. The van der Waals surface area contributed by atoms with Crippen LogP contribution in [0.3, 0.4) is 0 Å². The molecule has 0 aromatic heterocycles. The largest absolute Gasteiger partial charge is 0.348 e. The van der Waals surface area contributed by atoms with Crippen molar-refractivity contribution in [1.82, 2.24) is 5.32 Å². The second-order valence-corrected chi connectivity index (χ2v) is 8.41. The van der Waals surface area contributed by atoms with Gasteiger partial charge in [0, 0.05) is 6.07 Å². The molecular formula is C19H22F2N2O3S. The molecule has 0 bridgehead atoms. The van der Waals surface area contributed by atoms with E-state index >= 15 is 0 Å². The lowest BCUT2D eigenvalue weighted by Gasteiger charge is -2.23. The number of hydrogen-bond donors (Lipinski definition) is 1. The van der Waals surface area contributed by atoms with Crippen LogP contribution in [0.5, 0.6) is 0 Å². The first-order valence-corrected chi connectivity index (χ1v) is 10.1. The van der Waals surface area contributed by atoms with Gasteiger partial charge in [-0.2, -0.15) is 0 Å². The second-order valence-electron chi connectivity index (χ2n) is 6.50. The molecule has 0 saturated carbocycles. The summed E-state index contributed by atoms with van der Waals surface area (Å²) >= 11 is 0. The van der Waals surface area contributed by atoms with Gasteiger partial charge in [-0.15, -0.1) is 0 Å². The summed E-state index contributed by atoms with van der Waals surface area (Å²) in [5.74, 6) is -2.85. The molecule has 0 aliphatic heterocycles. The molecule has 1 atom stereocenters. The van der Waals surface area contributed by atoms with Crippen molar-refractivity contribution in [3.63, 3.8) is 0 Å². The minimum absolute atomic E-state index is 0.120. The highest BCUT2D eigenvalue weighted by Crippen LogP contribution is 2.21. The van der Waals surface area contributed by atoms with Gasteiger partial charge in [0.05, 0.1) is 18.0 Å². The number of anilines is 1. The van der Waals surface area contributed by atoms with Crippen molar-refractivity contribution in [2.45, 2.75) is 26.8 Å². The van der Waals surface area contributed by atoms with Crippen molar-refractivity contribution in [3.05, 3.63) is 64.7 Å². The van der Waals surface area contributed by atoms with Gasteiger partial charge in [-0.25, -0.2) is 17.2 Å². The lowest BCUT2D eigenvalue weighted by Crippen LogP contribution is -2.41. The normalized spacial score (nSPS) is 12.5. The third-order valence-corrected chi connectivity index (χ3v) is 5.43. The van der Waals surface area contributed by atoms with Crippen LogP contribution in [0.1, 0.15) is 29.7 Å². The molecule has 8 heteroatoms. The summed E-state index contributed by atoms with van der Waals surface area (Å²) in [6.45, 7) is 5.18. The Morgan fingerprint density at radius 1 is 1.07 bits per heavy atom. The zero-order chi connectivity index (χ0) is 20.4. The monoisotopic (exact) mass is 396 g/mol. The topological polar surface area (TPSA) is 66.5 Å². The SMILES string of the molecule is Cc1ccc(C(C)NC(=O)CN(c2ccc(F)c(F)c2)S(C)(=O)=O)cc1C. The van der Waals surface area contributed by atoms with E-state index in [2.05, 4.69) is 5.32 Å². The van der Waals surface area contributed by atoms with Crippen LogP contribution in [-0.2, 0) is 14.8 Å². The number of carbonyl (C=O) groups excluding carboxylic acids is 1. The summed E-state index contributed by atoms with van der Waals surface area (Å²) in [6.07, 6.45) is 0.897. The maximum Gasteiger partial charge on any atom is 0.241 e. The summed E-state index contributed by atoms with van der Waals surface area (Å²) in [6, 6.07) is 8.11. The number of aryl methyl sites for hydroxylation is 2. The first kappa shape index (κ1) is 20.8. The number of rotatable bonds is 6. The highest BCUT2D eigenvalue weighted by Gasteiger charge is 2.23. The number of nitrogens with one attached hydrogen (secondary N) is 1. The van der Waals surface area contributed by atoms with Crippen molar-refractivity contribution in [2.24, 2.45) is 0 Å². The van der Waals surface area contributed by atoms with Gasteiger partial charge in [0.1, 0.15) is 6.54 Å². The molecule has 146 valence electrons. The predicted molar refractivity (Wildman–Crippen MR) is 101 cm³/mol. The van der Waals surface area contributed by atoms with Crippen LogP contribution >= 0.6 is 0 Å². The van der Waals surface area contributed by atoms with Gasteiger partial charge in [0.15, 0.2) is 11.6 Å². The van der Waals surface area contributed by atoms with Gasteiger partial charge < -0.3 is 5.32 Å². The van der Waals surface area contributed by atoms with E-state index < -0.39 is 34.1 Å². The molecule has 2 rings (SSSR count). The molecule has 0 saturated heterocycles. The van der Waals surface area contributed by atoms with Crippen molar-refractivity contribution in [3.8, 4) is 0 Å². The number of amides is 1. The molecular weight excluding hydrogens is 374 g/mol. The molecule has 27 heavy (non-hydrogen) atoms. The Morgan fingerprint density at radius 3 is 2.30 bits per heavy atom. The van der Waals surface area contributed by atoms with E-state index in [0.717, 1.165) is 45.5 Å². The average molecular weight is 396 g/mol. The smallest absolute Gasteiger partial charge is 0.241 e. The maximum absolute atomic E-state index is 13.5. The number of carbonyl (C=O) groups is 1. The van der Waals surface area contributed by atoms with Crippen molar-refractivity contribution >= 4 is 21.6 Å². The molecule has 0 heterocycles.